The number of amides is 1. The summed E-state index contributed by atoms with van der Waals surface area (Å²) < 4.78 is 15.7. The van der Waals surface area contributed by atoms with Gasteiger partial charge in [-0.25, -0.2) is 4.79 Å². The average Bonchev–Trinajstić information content (AvgIpc) is 2.41. The van der Waals surface area contributed by atoms with E-state index in [1.807, 2.05) is 13.8 Å². The maximum absolute atomic E-state index is 12.2. The summed E-state index contributed by atoms with van der Waals surface area (Å²) >= 11 is 0. The molecule has 0 unspecified atom stereocenters. The van der Waals surface area contributed by atoms with Crippen LogP contribution in [0, 0.1) is 5.41 Å². The van der Waals surface area contributed by atoms with Crippen molar-refractivity contribution >= 4 is 11.9 Å². The zero-order chi connectivity index (χ0) is 16.1. The molecule has 1 amide bonds. The lowest BCUT2D eigenvalue weighted by atomic mass is 9.85. The van der Waals surface area contributed by atoms with Crippen LogP contribution in [-0.4, -0.2) is 37.5 Å². The molecule has 6 heteroatoms. The lowest BCUT2D eigenvalue weighted by Gasteiger charge is -2.44. The molecular formula is C15H23NO5. The van der Waals surface area contributed by atoms with Gasteiger partial charge in [0.2, 0.25) is 0 Å². The van der Waals surface area contributed by atoms with Crippen LogP contribution in [0.3, 0.4) is 0 Å². The van der Waals surface area contributed by atoms with Gasteiger partial charge in [0.25, 0.3) is 5.91 Å². The van der Waals surface area contributed by atoms with E-state index in [1.165, 1.54) is 31.5 Å². The molecule has 1 aliphatic heterocycles. The van der Waals surface area contributed by atoms with E-state index in [2.05, 4.69) is 10.1 Å². The molecule has 21 heavy (non-hydrogen) atoms. The number of hydrogen-bond acceptors (Lipinski definition) is 5. The Morgan fingerprint density at radius 3 is 2.52 bits per heavy atom. The molecule has 0 radical (unpaired) electrons. The summed E-state index contributed by atoms with van der Waals surface area (Å²) in [5.74, 6) is -1.49. The Bertz CT molecular complexity index is 451. The minimum atomic E-state index is -0.786. The van der Waals surface area contributed by atoms with Crippen LogP contribution in [0.25, 0.3) is 0 Å². The second kappa shape index (κ2) is 6.87. The van der Waals surface area contributed by atoms with Crippen molar-refractivity contribution in [3.8, 4) is 0 Å². The Labute approximate surface area is 125 Å². The van der Waals surface area contributed by atoms with Crippen molar-refractivity contribution in [3.05, 3.63) is 24.4 Å². The van der Waals surface area contributed by atoms with Crippen molar-refractivity contribution in [2.24, 2.45) is 5.41 Å². The van der Waals surface area contributed by atoms with Gasteiger partial charge in [0.05, 0.1) is 13.7 Å². The van der Waals surface area contributed by atoms with Crippen molar-refractivity contribution in [3.63, 3.8) is 0 Å². The number of methoxy groups -OCH3 is 1. The van der Waals surface area contributed by atoms with Gasteiger partial charge in [-0.3, -0.25) is 4.79 Å². The first-order valence-electron chi connectivity index (χ1n) is 6.71. The van der Waals surface area contributed by atoms with Crippen LogP contribution in [0.5, 0.6) is 0 Å². The summed E-state index contributed by atoms with van der Waals surface area (Å²) in [6, 6.07) is 0. The third-order valence-corrected chi connectivity index (χ3v) is 3.01. The van der Waals surface area contributed by atoms with Crippen LogP contribution in [0.15, 0.2) is 24.4 Å². The first-order valence-corrected chi connectivity index (χ1v) is 6.71. The molecule has 0 spiro atoms. The molecule has 0 bridgehead atoms. The van der Waals surface area contributed by atoms with E-state index in [4.69, 9.17) is 9.47 Å². The minimum Gasteiger partial charge on any atom is -0.466 e. The van der Waals surface area contributed by atoms with Gasteiger partial charge in [-0.05, 0) is 19.9 Å². The summed E-state index contributed by atoms with van der Waals surface area (Å²) in [5, 5.41) is 2.63. The predicted molar refractivity (Wildman–Crippen MR) is 77.1 cm³/mol. The molecule has 0 aromatic rings. The molecule has 1 fully saturated rings. The zero-order valence-corrected chi connectivity index (χ0v) is 13.1. The van der Waals surface area contributed by atoms with Crippen molar-refractivity contribution in [1.29, 1.82) is 0 Å². The second-order valence-electron chi connectivity index (χ2n) is 5.92. The molecule has 0 saturated carbocycles. The van der Waals surface area contributed by atoms with Crippen molar-refractivity contribution in [2.75, 3.05) is 13.7 Å². The van der Waals surface area contributed by atoms with Crippen LogP contribution in [0.1, 0.15) is 27.7 Å². The van der Waals surface area contributed by atoms with Gasteiger partial charge in [0, 0.05) is 17.7 Å². The Morgan fingerprint density at radius 2 is 1.90 bits per heavy atom. The van der Waals surface area contributed by atoms with E-state index < -0.39 is 23.3 Å². The Balaban J connectivity index is 2.59. The highest BCUT2D eigenvalue weighted by Crippen LogP contribution is 2.34. The summed E-state index contributed by atoms with van der Waals surface area (Å²) in [6.07, 6.45) is 5.10. The van der Waals surface area contributed by atoms with Crippen LogP contribution < -0.4 is 5.32 Å². The molecule has 1 aliphatic rings. The highest BCUT2D eigenvalue weighted by atomic mass is 16.7. The third kappa shape index (κ3) is 5.32. The first kappa shape index (κ1) is 17.4. The summed E-state index contributed by atoms with van der Waals surface area (Å²) in [5.41, 5.74) is -0.421. The fourth-order valence-corrected chi connectivity index (χ4v) is 1.78. The molecule has 118 valence electrons. The molecule has 1 rings (SSSR count). The Kier molecular flexibility index (Phi) is 5.69. The SMILES string of the molecule is COC(=O)/C=C/C=C\NC(=O)[C@@H]1OC(C)(C)OCC1(C)C. The van der Waals surface area contributed by atoms with Crippen molar-refractivity contribution in [2.45, 2.75) is 39.6 Å². The van der Waals surface area contributed by atoms with Crippen LogP contribution in [0.2, 0.25) is 0 Å². The van der Waals surface area contributed by atoms with E-state index >= 15 is 0 Å². The summed E-state index contributed by atoms with van der Waals surface area (Å²) in [6.45, 7) is 7.81. The monoisotopic (exact) mass is 297 g/mol. The average molecular weight is 297 g/mol. The lowest BCUT2D eigenvalue weighted by Crippen LogP contribution is -2.55. The summed E-state index contributed by atoms with van der Waals surface area (Å²) in [7, 11) is 1.30. The number of esters is 1. The normalized spacial score (nSPS) is 24.1. The number of hydrogen-bond donors (Lipinski definition) is 1. The molecule has 0 aliphatic carbocycles. The van der Waals surface area contributed by atoms with Gasteiger partial charge in [-0.2, -0.15) is 0 Å². The van der Waals surface area contributed by atoms with E-state index in [0.717, 1.165) is 0 Å². The van der Waals surface area contributed by atoms with Crippen LogP contribution in [-0.2, 0) is 23.8 Å². The van der Waals surface area contributed by atoms with E-state index in [9.17, 15) is 9.59 Å². The van der Waals surface area contributed by atoms with Crippen molar-refractivity contribution in [1.82, 2.24) is 5.32 Å². The zero-order valence-electron chi connectivity index (χ0n) is 13.1. The van der Waals surface area contributed by atoms with E-state index in [1.54, 1.807) is 13.8 Å². The lowest BCUT2D eigenvalue weighted by molar-refractivity contribution is -0.303. The minimum absolute atomic E-state index is 0.251. The highest BCUT2D eigenvalue weighted by molar-refractivity contribution is 5.83. The molecule has 1 saturated heterocycles. The molecule has 6 nitrogen and oxygen atoms in total. The number of carbonyl (C=O) groups excluding carboxylic acids is 2. The molecule has 0 aromatic carbocycles. The van der Waals surface area contributed by atoms with Crippen LogP contribution >= 0.6 is 0 Å². The summed E-state index contributed by atoms with van der Waals surface area (Å²) in [4.78, 5) is 23.0. The highest BCUT2D eigenvalue weighted by Gasteiger charge is 2.45. The fraction of sp³-hybridized carbons (Fsp3) is 0.600. The number of carbonyl (C=O) groups is 2. The van der Waals surface area contributed by atoms with Gasteiger partial charge in [0.15, 0.2) is 5.79 Å². The second-order valence-corrected chi connectivity index (χ2v) is 5.92. The molecule has 1 heterocycles. The molecule has 0 aromatic heterocycles. The molecule has 1 N–H and O–H groups in total. The fourth-order valence-electron chi connectivity index (χ4n) is 1.78. The standard InChI is InChI=1S/C15H23NO5/c1-14(2)10-20-15(3,4)21-12(14)13(18)16-9-7-6-8-11(17)19-5/h6-9,12H,10H2,1-5H3,(H,16,18)/b8-6+,9-7-/t12-/m0/s1. The molecule has 1 atom stereocenters. The first-order chi connectivity index (χ1) is 9.68. The quantitative estimate of drug-likeness (QED) is 0.484. The van der Waals surface area contributed by atoms with Crippen molar-refractivity contribution < 1.29 is 23.8 Å². The van der Waals surface area contributed by atoms with Gasteiger partial charge >= 0.3 is 5.97 Å². The predicted octanol–water partition coefficient (Wildman–Crippen LogP) is 1.52. The Hall–Kier alpha value is -1.66. The largest absolute Gasteiger partial charge is 0.466 e. The van der Waals surface area contributed by atoms with Gasteiger partial charge in [0.1, 0.15) is 6.10 Å². The number of nitrogens with one attached hydrogen (secondary N) is 1. The number of ether oxygens (including phenoxy) is 3. The third-order valence-electron chi connectivity index (χ3n) is 3.01. The number of allylic oxidation sites excluding steroid dienone is 2. The van der Waals surface area contributed by atoms with Gasteiger partial charge in [-0.1, -0.05) is 19.9 Å². The smallest absolute Gasteiger partial charge is 0.330 e. The van der Waals surface area contributed by atoms with Gasteiger partial charge in [-0.15, -0.1) is 0 Å². The van der Waals surface area contributed by atoms with E-state index in [0.29, 0.717) is 6.61 Å². The van der Waals surface area contributed by atoms with Gasteiger partial charge < -0.3 is 19.5 Å². The van der Waals surface area contributed by atoms with Crippen LogP contribution in [0.4, 0.5) is 0 Å². The topological polar surface area (TPSA) is 73.9 Å². The maximum Gasteiger partial charge on any atom is 0.330 e. The molecular weight excluding hydrogens is 274 g/mol. The maximum atomic E-state index is 12.2. The van der Waals surface area contributed by atoms with E-state index in [-0.39, 0.29) is 5.91 Å². The number of rotatable bonds is 4. The Morgan fingerprint density at radius 1 is 1.24 bits per heavy atom.